The highest BCUT2D eigenvalue weighted by molar-refractivity contribution is 5.77. The summed E-state index contributed by atoms with van der Waals surface area (Å²) in [5, 5.41) is 0. The number of carbonyl (C=O) groups excluding carboxylic acids is 1. The normalized spacial score (nSPS) is 23.0. The second kappa shape index (κ2) is 6.43. The number of ether oxygens (including phenoxy) is 2. The van der Waals surface area contributed by atoms with Crippen molar-refractivity contribution in [2.75, 3.05) is 19.7 Å². The molecule has 0 aliphatic carbocycles. The smallest absolute Gasteiger partial charge is 0.232 e. The molecule has 1 aromatic rings. The zero-order valence-electron chi connectivity index (χ0n) is 14.1. The van der Waals surface area contributed by atoms with E-state index in [4.69, 9.17) is 9.47 Å². The molecule has 126 valence electrons. The molecule has 3 heterocycles. The Labute approximate surface area is 137 Å². The van der Waals surface area contributed by atoms with Gasteiger partial charge in [0.25, 0.3) is 0 Å². The molecule has 3 rings (SSSR count). The van der Waals surface area contributed by atoms with Crippen LogP contribution in [-0.2, 0) is 9.53 Å². The number of likely N-dealkylation sites (tertiary alicyclic amines) is 1. The molecule has 2 fully saturated rings. The van der Waals surface area contributed by atoms with E-state index in [9.17, 15) is 4.79 Å². The third-order valence-electron chi connectivity index (χ3n) is 4.36. The lowest BCUT2D eigenvalue weighted by Gasteiger charge is -2.53. The summed E-state index contributed by atoms with van der Waals surface area (Å²) in [7, 11) is 0. The Bertz CT molecular complexity index is 570. The van der Waals surface area contributed by atoms with Gasteiger partial charge in [0.2, 0.25) is 11.8 Å². The van der Waals surface area contributed by atoms with Gasteiger partial charge in [0.1, 0.15) is 11.7 Å². The molecule has 0 saturated carbocycles. The first kappa shape index (κ1) is 16.2. The summed E-state index contributed by atoms with van der Waals surface area (Å²) in [6.07, 6.45) is 5.68. The lowest BCUT2D eigenvalue weighted by Crippen LogP contribution is -2.67. The summed E-state index contributed by atoms with van der Waals surface area (Å²) < 4.78 is 11.9. The molecular weight excluding hydrogens is 294 g/mol. The average Bonchev–Trinajstić information content (AvgIpc) is 2.44. The maximum atomic E-state index is 12.1. The quantitative estimate of drug-likeness (QED) is 0.849. The number of nitrogens with zero attached hydrogens (tertiary/aromatic N) is 3. The molecule has 2 aliphatic heterocycles. The van der Waals surface area contributed by atoms with Crippen molar-refractivity contribution in [1.29, 1.82) is 0 Å². The lowest BCUT2D eigenvalue weighted by molar-refractivity contribution is -0.193. The highest BCUT2D eigenvalue weighted by Gasteiger charge is 2.49. The van der Waals surface area contributed by atoms with Gasteiger partial charge in [-0.2, -0.15) is 0 Å². The predicted molar refractivity (Wildman–Crippen MR) is 85.1 cm³/mol. The van der Waals surface area contributed by atoms with Gasteiger partial charge in [-0.1, -0.05) is 13.8 Å². The summed E-state index contributed by atoms with van der Waals surface area (Å²) in [5.74, 6) is 1.18. The Morgan fingerprint density at radius 1 is 1.48 bits per heavy atom. The monoisotopic (exact) mass is 319 g/mol. The standard InChI is InChI=1S/C17H25N3O3/c1-12(2)6-16(21)20-10-17(11-20)7-14(4-5-22-17)23-15-9-18-8-13(3)19-15/h8-9,12,14H,4-7,10-11H2,1-3H3/t14-/m1/s1. The van der Waals surface area contributed by atoms with Gasteiger partial charge in [-0.25, -0.2) is 4.98 Å². The van der Waals surface area contributed by atoms with Crippen LogP contribution in [0.1, 0.15) is 38.8 Å². The Hall–Kier alpha value is -1.69. The number of hydrogen-bond donors (Lipinski definition) is 0. The van der Waals surface area contributed by atoms with Crippen molar-refractivity contribution in [2.45, 2.75) is 51.7 Å². The van der Waals surface area contributed by atoms with Gasteiger partial charge in [-0.15, -0.1) is 0 Å². The Morgan fingerprint density at radius 2 is 2.26 bits per heavy atom. The van der Waals surface area contributed by atoms with Crippen molar-refractivity contribution in [2.24, 2.45) is 5.92 Å². The molecule has 1 atom stereocenters. The molecule has 23 heavy (non-hydrogen) atoms. The second-order valence-corrected chi connectivity index (χ2v) is 7.11. The van der Waals surface area contributed by atoms with Gasteiger partial charge in [0.05, 0.1) is 31.6 Å². The second-order valence-electron chi connectivity index (χ2n) is 7.11. The molecule has 0 radical (unpaired) electrons. The van der Waals surface area contributed by atoms with E-state index in [1.54, 1.807) is 12.4 Å². The minimum absolute atomic E-state index is 0.0715. The van der Waals surface area contributed by atoms with Gasteiger partial charge in [0.15, 0.2) is 0 Å². The van der Waals surface area contributed by atoms with E-state index in [1.807, 2.05) is 11.8 Å². The van der Waals surface area contributed by atoms with Crippen LogP contribution in [0.3, 0.4) is 0 Å². The van der Waals surface area contributed by atoms with Crippen LogP contribution in [0.4, 0.5) is 0 Å². The highest BCUT2D eigenvalue weighted by atomic mass is 16.5. The van der Waals surface area contributed by atoms with Crippen LogP contribution < -0.4 is 4.74 Å². The van der Waals surface area contributed by atoms with E-state index in [-0.39, 0.29) is 17.6 Å². The van der Waals surface area contributed by atoms with Gasteiger partial charge < -0.3 is 14.4 Å². The Balaban J connectivity index is 1.54. The third-order valence-corrected chi connectivity index (χ3v) is 4.36. The van der Waals surface area contributed by atoms with Crippen LogP contribution in [-0.4, -0.2) is 52.2 Å². The average molecular weight is 319 g/mol. The van der Waals surface area contributed by atoms with E-state index in [0.29, 0.717) is 37.9 Å². The van der Waals surface area contributed by atoms with E-state index in [1.165, 1.54) is 0 Å². The van der Waals surface area contributed by atoms with Gasteiger partial charge >= 0.3 is 0 Å². The first-order chi connectivity index (χ1) is 11.0. The van der Waals surface area contributed by atoms with Crippen LogP contribution in [0, 0.1) is 12.8 Å². The van der Waals surface area contributed by atoms with Crippen molar-refractivity contribution >= 4 is 5.91 Å². The molecule has 0 aromatic carbocycles. The first-order valence-electron chi connectivity index (χ1n) is 8.33. The Kier molecular flexibility index (Phi) is 4.53. The van der Waals surface area contributed by atoms with Crippen molar-refractivity contribution in [1.82, 2.24) is 14.9 Å². The minimum atomic E-state index is -0.229. The largest absolute Gasteiger partial charge is 0.473 e. The van der Waals surface area contributed by atoms with Crippen LogP contribution >= 0.6 is 0 Å². The van der Waals surface area contributed by atoms with Crippen LogP contribution in [0.15, 0.2) is 12.4 Å². The van der Waals surface area contributed by atoms with E-state index >= 15 is 0 Å². The van der Waals surface area contributed by atoms with E-state index in [0.717, 1.165) is 18.5 Å². The summed E-state index contributed by atoms with van der Waals surface area (Å²) in [6.45, 7) is 8.05. The lowest BCUT2D eigenvalue weighted by atomic mass is 9.84. The van der Waals surface area contributed by atoms with E-state index < -0.39 is 0 Å². The van der Waals surface area contributed by atoms with Crippen molar-refractivity contribution in [3.05, 3.63) is 18.1 Å². The summed E-state index contributed by atoms with van der Waals surface area (Å²) in [6, 6.07) is 0. The SMILES string of the molecule is Cc1cncc(O[C@@H]2CCOC3(C2)CN(C(=O)CC(C)C)C3)n1. The molecular formula is C17H25N3O3. The van der Waals surface area contributed by atoms with Gasteiger partial charge in [-0.05, 0) is 12.8 Å². The molecule has 6 heteroatoms. The molecule has 0 N–H and O–H groups in total. The van der Waals surface area contributed by atoms with Crippen LogP contribution in [0.25, 0.3) is 0 Å². The molecule has 2 aliphatic rings. The molecule has 0 bridgehead atoms. The number of carbonyl (C=O) groups is 1. The molecule has 1 spiro atoms. The minimum Gasteiger partial charge on any atom is -0.473 e. The zero-order chi connectivity index (χ0) is 16.4. The van der Waals surface area contributed by atoms with E-state index in [2.05, 4.69) is 23.8 Å². The Morgan fingerprint density at radius 3 is 2.96 bits per heavy atom. The van der Waals surface area contributed by atoms with Crippen LogP contribution in [0.2, 0.25) is 0 Å². The maximum Gasteiger partial charge on any atom is 0.232 e. The fourth-order valence-corrected chi connectivity index (χ4v) is 3.28. The number of aromatic nitrogens is 2. The van der Waals surface area contributed by atoms with Gasteiger partial charge in [0, 0.05) is 25.5 Å². The number of hydrogen-bond acceptors (Lipinski definition) is 5. The van der Waals surface area contributed by atoms with Crippen molar-refractivity contribution < 1.29 is 14.3 Å². The molecule has 1 amide bonds. The summed E-state index contributed by atoms with van der Waals surface area (Å²) in [4.78, 5) is 22.4. The van der Waals surface area contributed by atoms with Crippen molar-refractivity contribution in [3.63, 3.8) is 0 Å². The molecule has 6 nitrogen and oxygen atoms in total. The summed E-state index contributed by atoms with van der Waals surface area (Å²) >= 11 is 0. The topological polar surface area (TPSA) is 64.6 Å². The molecule has 2 saturated heterocycles. The number of amides is 1. The first-order valence-corrected chi connectivity index (χ1v) is 8.33. The van der Waals surface area contributed by atoms with Crippen molar-refractivity contribution in [3.8, 4) is 5.88 Å². The number of rotatable bonds is 4. The molecule has 1 aromatic heterocycles. The number of aryl methyl sites for hydroxylation is 1. The fourth-order valence-electron chi connectivity index (χ4n) is 3.28. The predicted octanol–water partition coefficient (Wildman–Crippen LogP) is 1.97. The summed E-state index contributed by atoms with van der Waals surface area (Å²) in [5.41, 5.74) is 0.616. The maximum absolute atomic E-state index is 12.1. The zero-order valence-corrected chi connectivity index (χ0v) is 14.1. The molecule has 0 unspecified atom stereocenters. The highest BCUT2D eigenvalue weighted by Crippen LogP contribution is 2.36. The van der Waals surface area contributed by atoms with Gasteiger partial charge in [-0.3, -0.25) is 9.78 Å². The fraction of sp³-hybridized carbons (Fsp3) is 0.706. The third kappa shape index (κ3) is 3.80. The van der Waals surface area contributed by atoms with Crippen LogP contribution in [0.5, 0.6) is 5.88 Å².